The fourth-order valence-corrected chi connectivity index (χ4v) is 3.90. The third-order valence-corrected chi connectivity index (χ3v) is 5.72. The van der Waals surface area contributed by atoms with E-state index in [1.54, 1.807) is 0 Å². The Balaban J connectivity index is 1.55. The summed E-state index contributed by atoms with van der Waals surface area (Å²) in [6.07, 6.45) is 4.84. The van der Waals surface area contributed by atoms with Gasteiger partial charge in [-0.1, -0.05) is 30.3 Å². The summed E-state index contributed by atoms with van der Waals surface area (Å²) in [6.45, 7) is 3.02. The van der Waals surface area contributed by atoms with Crippen LogP contribution < -0.4 is 15.8 Å². The Morgan fingerprint density at radius 1 is 1.16 bits per heavy atom. The minimum Gasteiger partial charge on any atom is -0.489 e. The minimum atomic E-state index is -0.305. The van der Waals surface area contributed by atoms with Crippen molar-refractivity contribution in [1.82, 2.24) is 4.98 Å². The van der Waals surface area contributed by atoms with Crippen LogP contribution in [0.4, 0.5) is 5.69 Å². The van der Waals surface area contributed by atoms with Gasteiger partial charge in [0.05, 0.1) is 5.52 Å². The van der Waals surface area contributed by atoms with Crippen LogP contribution in [0.1, 0.15) is 30.4 Å². The number of anilines is 1. The molecular formula is C25H29N3O3. The van der Waals surface area contributed by atoms with Gasteiger partial charge in [-0.15, -0.1) is 0 Å². The van der Waals surface area contributed by atoms with Crippen molar-refractivity contribution in [1.29, 1.82) is 0 Å². The summed E-state index contributed by atoms with van der Waals surface area (Å²) in [4.78, 5) is 16.0. The Hall–Kier alpha value is -3.12. The van der Waals surface area contributed by atoms with E-state index in [0.717, 1.165) is 66.1 Å². The van der Waals surface area contributed by atoms with Gasteiger partial charge in [0.2, 0.25) is 5.91 Å². The lowest BCUT2D eigenvalue weighted by Gasteiger charge is -2.24. The summed E-state index contributed by atoms with van der Waals surface area (Å²) >= 11 is 0. The number of rotatable bonds is 9. The number of aromatic nitrogens is 1. The number of nitrogens with one attached hydrogen (secondary N) is 1. The van der Waals surface area contributed by atoms with Crippen LogP contribution in [0.5, 0.6) is 5.75 Å². The van der Waals surface area contributed by atoms with Crippen molar-refractivity contribution in [2.24, 2.45) is 11.7 Å². The Labute approximate surface area is 182 Å². The molecule has 0 spiro atoms. The molecule has 0 aliphatic carbocycles. The molecule has 0 unspecified atom stereocenters. The van der Waals surface area contributed by atoms with Gasteiger partial charge in [-0.2, -0.15) is 0 Å². The standard InChI is InChI=1S/C25H29N3O3/c26-24(29)9-6-20-16-27-23-14-21(31-17-19-4-2-1-3-5-19)7-8-22(23)25(20)28-15-18-10-12-30-13-11-18/h1-5,7-8,14,16,18H,6,9-13,15,17H2,(H2,26,29)(H,27,28). The zero-order valence-corrected chi connectivity index (χ0v) is 17.7. The lowest BCUT2D eigenvalue weighted by atomic mass is 9.99. The molecule has 6 nitrogen and oxygen atoms in total. The highest BCUT2D eigenvalue weighted by atomic mass is 16.5. The molecule has 0 radical (unpaired) electrons. The topological polar surface area (TPSA) is 86.5 Å². The third-order valence-electron chi connectivity index (χ3n) is 5.72. The molecular weight excluding hydrogens is 390 g/mol. The number of primary amides is 1. The number of hydrogen-bond acceptors (Lipinski definition) is 5. The highest BCUT2D eigenvalue weighted by molar-refractivity contribution is 5.93. The molecule has 0 bridgehead atoms. The largest absolute Gasteiger partial charge is 0.489 e. The van der Waals surface area contributed by atoms with Crippen LogP contribution in [0.2, 0.25) is 0 Å². The Morgan fingerprint density at radius 3 is 2.74 bits per heavy atom. The van der Waals surface area contributed by atoms with Gasteiger partial charge in [0.15, 0.2) is 0 Å². The number of fused-ring (bicyclic) bond motifs is 1. The van der Waals surface area contributed by atoms with Crippen molar-refractivity contribution < 1.29 is 14.3 Å². The number of nitrogens with two attached hydrogens (primary N) is 1. The zero-order valence-electron chi connectivity index (χ0n) is 17.7. The second-order valence-electron chi connectivity index (χ2n) is 8.01. The molecule has 2 heterocycles. The molecule has 162 valence electrons. The van der Waals surface area contributed by atoms with Crippen LogP contribution >= 0.6 is 0 Å². The number of ether oxygens (including phenoxy) is 2. The van der Waals surface area contributed by atoms with E-state index in [9.17, 15) is 4.79 Å². The molecule has 0 saturated carbocycles. The molecule has 31 heavy (non-hydrogen) atoms. The average Bonchev–Trinajstić information content (AvgIpc) is 2.81. The summed E-state index contributed by atoms with van der Waals surface area (Å²) in [6, 6.07) is 16.1. The number of amides is 1. The molecule has 1 aliphatic heterocycles. The van der Waals surface area contributed by atoms with Crippen molar-refractivity contribution in [3.63, 3.8) is 0 Å². The number of nitrogens with zero attached hydrogens (tertiary/aromatic N) is 1. The van der Waals surface area contributed by atoms with Crippen LogP contribution in [-0.2, 0) is 22.6 Å². The van der Waals surface area contributed by atoms with E-state index >= 15 is 0 Å². The van der Waals surface area contributed by atoms with Crippen molar-refractivity contribution in [2.75, 3.05) is 25.1 Å². The fourth-order valence-electron chi connectivity index (χ4n) is 3.90. The number of hydrogen-bond donors (Lipinski definition) is 2. The minimum absolute atomic E-state index is 0.303. The molecule has 1 aliphatic rings. The van der Waals surface area contributed by atoms with E-state index in [1.165, 1.54) is 0 Å². The van der Waals surface area contributed by atoms with Crippen LogP contribution in [0, 0.1) is 5.92 Å². The number of carbonyl (C=O) groups is 1. The maximum atomic E-state index is 11.3. The lowest BCUT2D eigenvalue weighted by Crippen LogP contribution is -2.23. The summed E-state index contributed by atoms with van der Waals surface area (Å²) in [5.41, 5.74) is 9.42. The van der Waals surface area contributed by atoms with Crippen molar-refractivity contribution in [3.05, 3.63) is 65.9 Å². The van der Waals surface area contributed by atoms with Gasteiger partial charge >= 0.3 is 0 Å². The Morgan fingerprint density at radius 2 is 1.97 bits per heavy atom. The van der Waals surface area contributed by atoms with E-state index in [2.05, 4.69) is 10.3 Å². The second kappa shape index (κ2) is 10.3. The third kappa shape index (κ3) is 5.73. The highest BCUT2D eigenvalue weighted by Crippen LogP contribution is 2.30. The molecule has 1 amide bonds. The van der Waals surface area contributed by atoms with Crippen molar-refractivity contribution in [2.45, 2.75) is 32.3 Å². The van der Waals surface area contributed by atoms with Crippen LogP contribution in [0.3, 0.4) is 0 Å². The molecule has 1 saturated heterocycles. The molecule has 4 rings (SSSR count). The first-order valence-corrected chi connectivity index (χ1v) is 10.9. The van der Waals surface area contributed by atoms with E-state index in [0.29, 0.717) is 25.4 Å². The first-order chi connectivity index (χ1) is 15.2. The normalized spacial score (nSPS) is 14.5. The van der Waals surface area contributed by atoms with Gasteiger partial charge in [-0.25, -0.2) is 0 Å². The molecule has 3 aromatic rings. The predicted octanol–water partition coefficient (Wildman–Crippen LogP) is 4.07. The number of pyridine rings is 1. The SMILES string of the molecule is NC(=O)CCc1cnc2cc(OCc3ccccc3)ccc2c1NCC1CCOCC1. The smallest absolute Gasteiger partial charge is 0.217 e. The average molecular weight is 420 g/mol. The van der Waals surface area contributed by atoms with Gasteiger partial charge in [0.1, 0.15) is 12.4 Å². The summed E-state index contributed by atoms with van der Waals surface area (Å²) < 4.78 is 11.4. The monoisotopic (exact) mass is 419 g/mol. The molecule has 2 aromatic carbocycles. The van der Waals surface area contributed by atoms with E-state index in [4.69, 9.17) is 15.2 Å². The zero-order chi connectivity index (χ0) is 21.5. The molecule has 1 fully saturated rings. The van der Waals surface area contributed by atoms with E-state index < -0.39 is 0 Å². The van der Waals surface area contributed by atoms with Gasteiger partial charge in [-0.05, 0) is 48.4 Å². The summed E-state index contributed by atoms with van der Waals surface area (Å²) in [7, 11) is 0. The Kier molecular flexibility index (Phi) is 6.99. The Bertz CT molecular complexity index is 1020. The highest BCUT2D eigenvalue weighted by Gasteiger charge is 2.16. The second-order valence-corrected chi connectivity index (χ2v) is 8.01. The maximum Gasteiger partial charge on any atom is 0.217 e. The van der Waals surface area contributed by atoms with Gasteiger partial charge in [-0.3, -0.25) is 9.78 Å². The first-order valence-electron chi connectivity index (χ1n) is 10.9. The molecule has 0 atom stereocenters. The summed E-state index contributed by atoms with van der Waals surface area (Å²) in [5.74, 6) is 1.05. The number of carbonyl (C=O) groups excluding carboxylic acids is 1. The quantitative estimate of drug-likeness (QED) is 0.546. The predicted molar refractivity (Wildman–Crippen MR) is 122 cm³/mol. The molecule has 6 heteroatoms. The lowest BCUT2D eigenvalue weighted by molar-refractivity contribution is -0.117. The fraction of sp³-hybridized carbons (Fsp3) is 0.360. The van der Waals surface area contributed by atoms with Crippen LogP contribution in [0.25, 0.3) is 10.9 Å². The number of benzene rings is 2. The van der Waals surface area contributed by atoms with E-state index in [1.807, 2.05) is 54.7 Å². The number of aryl methyl sites for hydroxylation is 1. The van der Waals surface area contributed by atoms with Gasteiger partial charge in [0, 0.05) is 49.5 Å². The van der Waals surface area contributed by atoms with Crippen LogP contribution in [-0.4, -0.2) is 30.6 Å². The molecule has 1 aromatic heterocycles. The molecule has 3 N–H and O–H groups in total. The summed E-state index contributed by atoms with van der Waals surface area (Å²) in [5, 5.41) is 4.67. The van der Waals surface area contributed by atoms with Crippen molar-refractivity contribution in [3.8, 4) is 5.75 Å². The maximum absolute atomic E-state index is 11.3. The van der Waals surface area contributed by atoms with Crippen molar-refractivity contribution >= 4 is 22.5 Å². The van der Waals surface area contributed by atoms with Crippen LogP contribution in [0.15, 0.2) is 54.7 Å². The first kappa shape index (κ1) is 21.1. The van der Waals surface area contributed by atoms with Gasteiger partial charge < -0.3 is 20.5 Å². The van der Waals surface area contributed by atoms with Gasteiger partial charge in [0.25, 0.3) is 0 Å². The van der Waals surface area contributed by atoms with E-state index in [-0.39, 0.29) is 5.91 Å².